The van der Waals surface area contributed by atoms with E-state index >= 15 is 0 Å². The lowest BCUT2D eigenvalue weighted by atomic mass is 10.2. The van der Waals surface area contributed by atoms with Gasteiger partial charge in [-0.05, 0) is 47.0 Å². The molecule has 0 saturated carbocycles. The molecule has 0 heterocycles. The molecule has 0 unspecified atom stereocenters. The van der Waals surface area contributed by atoms with Gasteiger partial charge in [0.25, 0.3) is 0 Å². The fourth-order valence-electron chi connectivity index (χ4n) is 2.27. The summed E-state index contributed by atoms with van der Waals surface area (Å²) in [5.41, 5.74) is 7.97. The fourth-order valence-corrected chi connectivity index (χ4v) is 3.30. The molecule has 2 aromatic rings. The standard InChI is InChI=1S/C21H26BrN3O2S/c1-3-5-11-27-20-13-18(22)17(12-19(20)26-4-2)14-24-25-21(23)28-15-16-9-7-6-8-10-16/h6-10,12-14H,3-5,11,15H2,1-2H3,(H2,23,25). The van der Waals surface area contributed by atoms with Crippen molar-refractivity contribution in [2.75, 3.05) is 13.2 Å². The molecular formula is C21H26BrN3O2S. The molecule has 0 bridgehead atoms. The zero-order chi connectivity index (χ0) is 20.2. The second-order valence-corrected chi connectivity index (χ2v) is 7.76. The number of benzene rings is 2. The number of hydrogen-bond donors (Lipinski definition) is 1. The number of ether oxygens (including phenoxy) is 2. The monoisotopic (exact) mass is 463 g/mol. The molecule has 0 fully saturated rings. The maximum atomic E-state index is 5.94. The van der Waals surface area contributed by atoms with Crippen LogP contribution in [-0.2, 0) is 5.75 Å². The number of halogens is 1. The number of nitrogens with two attached hydrogens (primary N) is 1. The predicted molar refractivity (Wildman–Crippen MR) is 123 cm³/mol. The SMILES string of the molecule is CCCCOc1cc(Br)c(C=NN=C(N)SCc2ccccc2)cc1OCC. The van der Waals surface area contributed by atoms with Gasteiger partial charge in [0.05, 0.1) is 19.4 Å². The molecule has 0 amide bonds. The molecule has 2 N–H and O–H groups in total. The van der Waals surface area contributed by atoms with Crippen molar-refractivity contribution >= 4 is 39.1 Å². The minimum absolute atomic E-state index is 0.417. The van der Waals surface area contributed by atoms with E-state index in [0.717, 1.165) is 34.4 Å². The highest BCUT2D eigenvalue weighted by atomic mass is 79.9. The van der Waals surface area contributed by atoms with E-state index in [2.05, 4.69) is 45.2 Å². The van der Waals surface area contributed by atoms with Crippen LogP contribution in [0.1, 0.15) is 37.8 Å². The van der Waals surface area contributed by atoms with Gasteiger partial charge in [-0.25, -0.2) is 0 Å². The van der Waals surface area contributed by atoms with E-state index in [9.17, 15) is 0 Å². The number of unbranched alkanes of at least 4 members (excludes halogenated alkanes) is 1. The third kappa shape index (κ3) is 7.56. The summed E-state index contributed by atoms with van der Waals surface area (Å²) in [6, 6.07) is 13.9. The lowest BCUT2D eigenvalue weighted by Gasteiger charge is -2.13. The minimum Gasteiger partial charge on any atom is -0.490 e. The topological polar surface area (TPSA) is 69.2 Å². The molecule has 5 nitrogen and oxygen atoms in total. The summed E-state index contributed by atoms with van der Waals surface area (Å²) in [5, 5.41) is 8.60. The van der Waals surface area contributed by atoms with Crippen LogP contribution in [0.3, 0.4) is 0 Å². The molecule has 0 aliphatic heterocycles. The third-order valence-electron chi connectivity index (χ3n) is 3.70. The normalized spacial score (nSPS) is 11.8. The van der Waals surface area contributed by atoms with Gasteiger partial charge in [0.2, 0.25) is 0 Å². The molecule has 7 heteroatoms. The molecule has 0 aromatic heterocycles. The molecule has 28 heavy (non-hydrogen) atoms. The molecule has 0 saturated heterocycles. The van der Waals surface area contributed by atoms with E-state index in [4.69, 9.17) is 15.2 Å². The first-order chi connectivity index (χ1) is 13.6. The summed E-state index contributed by atoms with van der Waals surface area (Å²) in [6.45, 7) is 5.30. The largest absolute Gasteiger partial charge is 0.490 e. The van der Waals surface area contributed by atoms with Crippen LogP contribution in [0.25, 0.3) is 0 Å². The first-order valence-electron chi connectivity index (χ1n) is 9.26. The summed E-state index contributed by atoms with van der Waals surface area (Å²) >= 11 is 5.01. The molecule has 2 aromatic carbocycles. The van der Waals surface area contributed by atoms with E-state index in [1.165, 1.54) is 17.3 Å². The Labute approximate surface area is 179 Å². The Balaban J connectivity index is 2.03. The number of rotatable bonds is 10. The number of amidine groups is 1. The van der Waals surface area contributed by atoms with Crippen molar-refractivity contribution in [1.82, 2.24) is 0 Å². The highest BCUT2D eigenvalue weighted by Crippen LogP contribution is 2.33. The minimum atomic E-state index is 0.417. The molecule has 0 atom stereocenters. The molecule has 0 spiro atoms. The smallest absolute Gasteiger partial charge is 0.180 e. The quantitative estimate of drug-likeness (QED) is 0.215. The Morgan fingerprint density at radius 3 is 2.61 bits per heavy atom. The Kier molecular flexibility index (Phi) is 9.93. The lowest BCUT2D eigenvalue weighted by Crippen LogP contribution is -2.06. The maximum Gasteiger partial charge on any atom is 0.180 e. The van der Waals surface area contributed by atoms with Crippen molar-refractivity contribution in [1.29, 1.82) is 0 Å². The summed E-state index contributed by atoms with van der Waals surface area (Å²) in [5.74, 6) is 2.17. The Bertz CT molecular complexity index is 798. The average molecular weight is 464 g/mol. The Morgan fingerprint density at radius 1 is 1.14 bits per heavy atom. The summed E-state index contributed by atoms with van der Waals surface area (Å²) in [7, 11) is 0. The van der Waals surface area contributed by atoms with Gasteiger partial charge in [0, 0.05) is 15.8 Å². The lowest BCUT2D eigenvalue weighted by molar-refractivity contribution is 0.272. The van der Waals surface area contributed by atoms with Crippen LogP contribution in [0.2, 0.25) is 0 Å². The number of hydrogen-bond acceptors (Lipinski definition) is 5. The van der Waals surface area contributed by atoms with Crippen LogP contribution in [0, 0.1) is 0 Å². The van der Waals surface area contributed by atoms with Crippen molar-refractivity contribution in [3.8, 4) is 11.5 Å². The van der Waals surface area contributed by atoms with Gasteiger partial charge in [-0.2, -0.15) is 5.10 Å². The van der Waals surface area contributed by atoms with E-state index in [1.54, 1.807) is 6.21 Å². The maximum absolute atomic E-state index is 5.94. The highest BCUT2D eigenvalue weighted by molar-refractivity contribution is 9.10. The number of thioether (sulfide) groups is 1. The first-order valence-corrected chi connectivity index (χ1v) is 11.0. The predicted octanol–water partition coefficient (Wildman–Crippen LogP) is 5.61. The van der Waals surface area contributed by atoms with Gasteiger partial charge in [-0.15, -0.1) is 5.10 Å². The zero-order valence-electron chi connectivity index (χ0n) is 16.2. The van der Waals surface area contributed by atoms with Gasteiger partial charge in [-0.3, -0.25) is 0 Å². The summed E-state index contributed by atoms with van der Waals surface area (Å²) in [6.07, 6.45) is 3.73. The molecular weight excluding hydrogens is 438 g/mol. The first kappa shape index (κ1) is 22.3. The molecule has 2 rings (SSSR count). The van der Waals surface area contributed by atoms with E-state index in [-0.39, 0.29) is 0 Å². The molecule has 0 radical (unpaired) electrons. The van der Waals surface area contributed by atoms with Gasteiger partial charge in [-0.1, -0.05) is 55.4 Å². The van der Waals surface area contributed by atoms with Crippen molar-refractivity contribution < 1.29 is 9.47 Å². The summed E-state index contributed by atoms with van der Waals surface area (Å²) in [4.78, 5) is 0. The van der Waals surface area contributed by atoms with E-state index in [1.807, 2.05) is 37.3 Å². The second-order valence-electron chi connectivity index (χ2n) is 5.91. The van der Waals surface area contributed by atoms with Gasteiger partial charge in [0.1, 0.15) is 0 Å². The van der Waals surface area contributed by atoms with Crippen LogP contribution in [0.4, 0.5) is 0 Å². The van der Waals surface area contributed by atoms with E-state index < -0.39 is 0 Å². The van der Waals surface area contributed by atoms with E-state index in [0.29, 0.717) is 24.1 Å². The van der Waals surface area contributed by atoms with Gasteiger partial charge < -0.3 is 15.2 Å². The summed E-state index contributed by atoms with van der Waals surface area (Å²) < 4.78 is 12.4. The molecule has 0 aliphatic carbocycles. The van der Waals surface area contributed by atoms with Crippen LogP contribution < -0.4 is 15.2 Å². The van der Waals surface area contributed by atoms with Crippen LogP contribution >= 0.6 is 27.7 Å². The van der Waals surface area contributed by atoms with Crippen molar-refractivity contribution in [2.45, 2.75) is 32.4 Å². The highest BCUT2D eigenvalue weighted by Gasteiger charge is 2.10. The van der Waals surface area contributed by atoms with Gasteiger partial charge >= 0.3 is 0 Å². The third-order valence-corrected chi connectivity index (χ3v) is 5.24. The molecule has 150 valence electrons. The average Bonchev–Trinajstić information content (AvgIpc) is 2.70. The number of nitrogens with zero attached hydrogens (tertiary/aromatic N) is 2. The zero-order valence-corrected chi connectivity index (χ0v) is 18.6. The van der Waals surface area contributed by atoms with Crippen molar-refractivity contribution in [3.63, 3.8) is 0 Å². The second kappa shape index (κ2) is 12.5. The van der Waals surface area contributed by atoms with Crippen LogP contribution in [0.15, 0.2) is 57.1 Å². The molecule has 0 aliphatic rings. The Hall–Kier alpha value is -1.99. The van der Waals surface area contributed by atoms with Crippen molar-refractivity contribution in [3.05, 3.63) is 58.1 Å². The van der Waals surface area contributed by atoms with Crippen LogP contribution in [0.5, 0.6) is 11.5 Å². The van der Waals surface area contributed by atoms with Crippen molar-refractivity contribution in [2.24, 2.45) is 15.9 Å². The fraction of sp³-hybridized carbons (Fsp3) is 0.333. The van der Waals surface area contributed by atoms with Crippen LogP contribution in [-0.4, -0.2) is 24.6 Å². The van der Waals surface area contributed by atoms with Gasteiger partial charge in [0.15, 0.2) is 16.7 Å². The Morgan fingerprint density at radius 2 is 1.89 bits per heavy atom.